The third kappa shape index (κ3) is 4.87. The van der Waals surface area contributed by atoms with Gasteiger partial charge in [-0.2, -0.15) is 0 Å². The Balaban J connectivity index is 2.55. The smallest absolute Gasteiger partial charge is 0.133 e. The Bertz CT molecular complexity index is 342. The summed E-state index contributed by atoms with van der Waals surface area (Å²) in [6.07, 6.45) is 3.97. The van der Waals surface area contributed by atoms with Crippen molar-refractivity contribution in [2.24, 2.45) is 11.7 Å². The zero-order valence-electron chi connectivity index (χ0n) is 11.7. The van der Waals surface area contributed by atoms with Crippen molar-refractivity contribution in [1.82, 2.24) is 9.97 Å². The van der Waals surface area contributed by atoms with Crippen molar-refractivity contribution in [3.8, 4) is 0 Å². The molecular formula is C13H25N5. The molecule has 1 aromatic rings. The normalized spacial score (nSPS) is 12.2. The number of anilines is 2. The van der Waals surface area contributed by atoms with Gasteiger partial charge < -0.3 is 16.0 Å². The first-order valence-electron chi connectivity index (χ1n) is 6.64. The third-order valence-electron chi connectivity index (χ3n) is 2.92. The second kappa shape index (κ2) is 7.87. The molecule has 5 nitrogen and oxygen atoms in total. The second-order valence-electron chi connectivity index (χ2n) is 4.76. The Kier molecular flexibility index (Phi) is 6.43. The molecule has 0 fully saturated rings. The van der Waals surface area contributed by atoms with Gasteiger partial charge in [-0.3, -0.25) is 0 Å². The van der Waals surface area contributed by atoms with Crippen LogP contribution in [-0.2, 0) is 0 Å². The highest BCUT2D eigenvalue weighted by atomic mass is 15.2. The number of unbranched alkanes of at least 4 members (excludes halogenated alkanes) is 1. The minimum absolute atomic E-state index is 0.446. The number of rotatable bonds is 8. The Morgan fingerprint density at radius 3 is 2.89 bits per heavy atom. The summed E-state index contributed by atoms with van der Waals surface area (Å²) >= 11 is 0. The molecule has 0 saturated heterocycles. The summed E-state index contributed by atoms with van der Waals surface area (Å²) in [6, 6.07) is 1.99. The molecule has 0 amide bonds. The van der Waals surface area contributed by atoms with Gasteiger partial charge in [-0.1, -0.05) is 20.3 Å². The SMILES string of the molecule is CCCCN(C)c1cc(NCC(C)CN)ncn1. The first-order valence-corrected chi connectivity index (χ1v) is 6.64. The molecule has 5 heteroatoms. The van der Waals surface area contributed by atoms with Crippen molar-refractivity contribution >= 4 is 11.6 Å². The molecule has 0 aliphatic rings. The van der Waals surface area contributed by atoms with E-state index >= 15 is 0 Å². The lowest BCUT2D eigenvalue weighted by molar-refractivity contribution is 0.627. The molecule has 0 radical (unpaired) electrons. The minimum Gasteiger partial charge on any atom is -0.370 e. The molecule has 0 aliphatic heterocycles. The van der Waals surface area contributed by atoms with Gasteiger partial charge in [-0.05, 0) is 18.9 Å². The molecule has 1 aromatic heterocycles. The standard InChI is InChI=1S/C13H25N5/c1-4-5-6-18(3)13-7-12(16-10-17-13)15-9-11(2)8-14/h7,10-11H,4-6,8-9,14H2,1-3H3,(H,15,16,17). The van der Waals surface area contributed by atoms with Gasteiger partial charge in [0, 0.05) is 26.2 Å². The first kappa shape index (κ1) is 14.7. The highest BCUT2D eigenvalue weighted by Gasteiger charge is 2.05. The second-order valence-corrected chi connectivity index (χ2v) is 4.76. The average molecular weight is 251 g/mol. The van der Waals surface area contributed by atoms with Gasteiger partial charge in [0.15, 0.2) is 0 Å². The van der Waals surface area contributed by atoms with Crippen molar-refractivity contribution in [1.29, 1.82) is 0 Å². The van der Waals surface area contributed by atoms with E-state index in [1.807, 2.05) is 6.07 Å². The topological polar surface area (TPSA) is 67.1 Å². The van der Waals surface area contributed by atoms with Crippen LogP contribution < -0.4 is 16.0 Å². The van der Waals surface area contributed by atoms with Crippen LogP contribution in [0.15, 0.2) is 12.4 Å². The van der Waals surface area contributed by atoms with Crippen LogP contribution in [0.1, 0.15) is 26.7 Å². The zero-order valence-corrected chi connectivity index (χ0v) is 11.7. The molecule has 0 aromatic carbocycles. The molecule has 1 unspecified atom stereocenters. The van der Waals surface area contributed by atoms with Crippen LogP contribution in [0.25, 0.3) is 0 Å². The van der Waals surface area contributed by atoms with Crippen LogP contribution in [0.4, 0.5) is 11.6 Å². The summed E-state index contributed by atoms with van der Waals surface area (Å²) in [6.45, 7) is 6.84. The van der Waals surface area contributed by atoms with Crippen LogP contribution in [0.5, 0.6) is 0 Å². The van der Waals surface area contributed by atoms with E-state index in [4.69, 9.17) is 5.73 Å². The molecule has 3 N–H and O–H groups in total. The van der Waals surface area contributed by atoms with E-state index in [9.17, 15) is 0 Å². The molecule has 0 bridgehead atoms. The van der Waals surface area contributed by atoms with Gasteiger partial charge in [-0.25, -0.2) is 9.97 Å². The molecule has 0 spiro atoms. The average Bonchev–Trinajstić information content (AvgIpc) is 2.42. The molecule has 102 valence electrons. The van der Waals surface area contributed by atoms with E-state index in [1.165, 1.54) is 12.8 Å². The van der Waals surface area contributed by atoms with E-state index < -0.39 is 0 Å². The molecule has 18 heavy (non-hydrogen) atoms. The maximum absolute atomic E-state index is 5.59. The van der Waals surface area contributed by atoms with Crippen molar-refractivity contribution in [2.45, 2.75) is 26.7 Å². The van der Waals surface area contributed by atoms with Crippen LogP contribution in [0.3, 0.4) is 0 Å². The van der Waals surface area contributed by atoms with Crippen LogP contribution >= 0.6 is 0 Å². The highest BCUT2D eigenvalue weighted by molar-refractivity contribution is 5.47. The molecular weight excluding hydrogens is 226 g/mol. The van der Waals surface area contributed by atoms with E-state index in [1.54, 1.807) is 6.33 Å². The summed E-state index contributed by atoms with van der Waals surface area (Å²) in [5.74, 6) is 2.27. The first-order chi connectivity index (χ1) is 8.67. The maximum Gasteiger partial charge on any atom is 0.133 e. The molecule has 0 aliphatic carbocycles. The van der Waals surface area contributed by atoms with Gasteiger partial charge >= 0.3 is 0 Å². The van der Waals surface area contributed by atoms with E-state index in [-0.39, 0.29) is 0 Å². The summed E-state index contributed by atoms with van der Waals surface area (Å²) in [7, 11) is 2.06. The van der Waals surface area contributed by atoms with E-state index in [0.29, 0.717) is 12.5 Å². The predicted octanol–water partition coefficient (Wildman–Crippen LogP) is 1.72. The minimum atomic E-state index is 0.446. The number of hydrogen-bond acceptors (Lipinski definition) is 5. The third-order valence-corrected chi connectivity index (χ3v) is 2.92. The van der Waals surface area contributed by atoms with Crippen molar-refractivity contribution in [2.75, 3.05) is 36.9 Å². The summed E-state index contributed by atoms with van der Waals surface area (Å²) in [5, 5.41) is 3.29. The summed E-state index contributed by atoms with van der Waals surface area (Å²) in [5.41, 5.74) is 5.59. The van der Waals surface area contributed by atoms with Gasteiger partial charge in [0.1, 0.15) is 18.0 Å². The van der Waals surface area contributed by atoms with Crippen LogP contribution in [0, 0.1) is 5.92 Å². The lowest BCUT2D eigenvalue weighted by atomic mass is 10.2. The maximum atomic E-state index is 5.59. The summed E-state index contributed by atoms with van der Waals surface area (Å²) in [4.78, 5) is 10.7. The zero-order chi connectivity index (χ0) is 13.4. The fraction of sp³-hybridized carbons (Fsp3) is 0.692. The monoisotopic (exact) mass is 251 g/mol. The van der Waals surface area contributed by atoms with Gasteiger partial charge in [0.25, 0.3) is 0 Å². The molecule has 1 heterocycles. The Morgan fingerprint density at radius 2 is 2.22 bits per heavy atom. The Hall–Kier alpha value is -1.36. The number of aromatic nitrogens is 2. The van der Waals surface area contributed by atoms with Crippen LogP contribution in [0.2, 0.25) is 0 Å². The Morgan fingerprint density at radius 1 is 1.44 bits per heavy atom. The lowest BCUT2D eigenvalue weighted by Crippen LogP contribution is -2.22. The number of nitrogens with zero attached hydrogens (tertiary/aromatic N) is 3. The fourth-order valence-electron chi connectivity index (χ4n) is 1.52. The summed E-state index contributed by atoms with van der Waals surface area (Å²) < 4.78 is 0. The molecule has 1 rings (SSSR count). The van der Waals surface area contributed by atoms with Crippen LogP contribution in [-0.4, -0.2) is 36.6 Å². The Labute approximate surface area is 110 Å². The molecule has 1 atom stereocenters. The predicted molar refractivity (Wildman–Crippen MR) is 76.9 cm³/mol. The molecule has 0 saturated carbocycles. The number of nitrogens with one attached hydrogen (secondary N) is 1. The van der Waals surface area contributed by atoms with Crippen molar-refractivity contribution in [3.05, 3.63) is 12.4 Å². The number of nitrogens with two attached hydrogens (primary N) is 1. The van der Waals surface area contributed by atoms with E-state index in [0.717, 1.165) is 24.7 Å². The highest BCUT2D eigenvalue weighted by Crippen LogP contribution is 2.13. The fourth-order valence-corrected chi connectivity index (χ4v) is 1.52. The lowest BCUT2D eigenvalue weighted by Gasteiger charge is -2.18. The van der Waals surface area contributed by atoms with Crippen molar-refractivity contribution < 1.29 is 0 Å². The number of hydrogen-bond donors (Lipinski definition) is 2. The van der Waals surface area contributed by atoms with E-state index in [2.05, 4.69) is 41.1 Å². The van der Waals surface area contributed by atoms with Crippen molar-refractivity contribution in [3.63, 3.8) is 0 Å². The van der Waals surface area contributed by atoms with Gasteiger partial charge in [0.05, 0.1) is 0 Å². The quantitative estimate of drug-likeness (QED) is 0.736. The van der Waals surface area contributed by atoms with Gasteiger partial charge in [0.2, 0.25) is 0 Å². The largest absolute Gasteiger partial charge is 0.370 e. The van der Waals surface area contributed by atoms with Gasteiger partial charge in [-0.15, -0.1) is 0 Å².